The van der Waals surface area contributed by atoms with Gasteiger partial charge < -0.3 is 9.29 Å². The van der Waals surface area contributed by atoms with E-state index in [2.05, 4.69) is 17.7 Å². The molecule has 0 aromatic rings. The van der Waals surface area contributed by atoms with Crippen LogP contribution in [0.3, 0.4) is 0 Å². The van der Waals surface area contributed by atoms with Crippen LogP contribution in [-0.2, 0) is 24.1 Å². The first kappa shape index (κ1) is 19.4. The van der Waals surface area contributed by atoms with E-state index in [0.717, 1.165) is 13.7 Å². The van der Waals surface area contributed by atoms with Gasteiger partial charge in [0.25, 0.3) is 0 Å². The van der Waals surface area contributed by atoms with Gasteiger partial charge in [-0.15, -0.1) is 0 Å². The number of ether oxygens (including phenoxy) is 1. The zero-order chi connectivity index (χ0) is 15.0. The summed E-state index contributed by atoms with van der Waals surface area (Å²) >= 11 is 0. The van der Waals surface area contributed by atoms with E-state index < -0.39 is 10.4 Å². The van der Waals surface area contributed by atoms with E-state index in [1.165, 1.54) is 0 Å². The predicted octanol–water partition coefficient (Wildman–Crippen LogP) is 0.253. The summed E-state index contributed by atoms with van der Waals surface area (Å²) in [5, 5.41) is 0. The summed E-state index contributed by atoms with van der Waals surface area (Å²) in [4.78, 5) is 11.0. The largest absolute Gasteiger partial charge is 0.726 e. The number of rotatable bonds is 5. The average molecular weight is 283 g/mol. The van der Waals surface area contributed by atoms with Crippen LogP contribution < -0.4 is 0 Å². The quantitative estimate of drug-likeness (QED) is 0.179. The molecule has 0 rings (SSSR count). The number of esters is 1. The molecule has 0 aliphatic rings. The monoisotopic (exact) mass is 283 g/mol. The fourth-order valence-corrected chi connectivity index (χ4v) is 0.448. The van der Waals surface area contributed by atoms with Gasteiger partial charge in [0.2, 0.25) is 17.1 Å². The first-order valence-corrected chi connectivity index (χ1v) is 6.44. The summed E-state index contributed by atoms with van der Waals surface area (Å²) in [7, 11) is 0.407. The molecule has 18 heavy (non-hydrogen) atoms. The second-order valence-electron chi connectivity index (χ2n) is 4.17. The summed E-state index contributed by atoms with van der Waals surface area (Å²) in [6.07, 6.45) is 0. The lowest BCUT2D eigenvalue weighted by molar-refractivity contribution is -0.905. The van der Waals surface area contributed by atoms with Gasteiger partial charge in [0.1, 0.15) is 0 Å². The van der Waals surface area contributed by atoms with E-state index in [4.69, 9.17) is 4.74 Å². The summed E-state index contributed by atoms with van der Waals surface area (Å²) in [5.74, 6) is -0.311. The van der Waals surface area contributed by atoms with Gasteiger partial charge in [0.15, 0.2) is 0 Å². The third kappa shape index (κ3) is 13.1. The van der Waals surface area contributed by atoms with Gasteiger partial charge in [-0.05, 0) is 13.8 Å². The number of hydrogen-bond donors (Lipinski definition) is 0. The molecule has 108 valence electrons. The fourth-order valence-electron chi connectivity index (χ4n) is 0.448. The molecule has 0 radical (unpaired) electrons. The van der Waals surface area contributed by atoms with Crippen molar-refractivity contribution in [3.8, 4) is 0 Å². The first-order valence-electron chi connectivity index (χ1n) is 5.11. The molecule has 0 aliphatic carbocycles. The Morgan fingerprint density at radius 2 is 1.78 bits per heavy atom. The molecule has 8 heteroatoms. The molecule has 0 aliphatic heterocycles. The molecule has 0 aromatic heterocycles. The van der Waals surface area contributed by atoms with Gasteiger partial charge >= 0.3 is 5.97 Å². The Kier molecular flexibility index (Phi) is 8.83. The number of nitrogens with zero attached hydrogens (tertiary/aromatic N) is 1. The predicted molar refractivity (Wildman–Crippen MR) is 65.1 cm³/mol. The average Bonchev–Trinajstić information content (AvgIpc) is 2.25. The maximum atomic E-state index is 11.0. The molecule has 0 unspecified atom stereocenters. The van der Waals surface area contributed by atoms with Crippen LogP contribution in [0.2, 0.25) is 0 Å². The van der Waals surface area contributed by atoms with Gasteiger partial charge in [-0.3, -0.25) is 8.67 Å². The molecule has 0 aromatic carbocycles. The second-order valence-corrected chi connectivity index (χ2v) is 5.32. The van der Waals surface area contributed by atoms with Crippen LogP contribution in [0.4, 0.5) is 0 Å². The molecule has 0 fully saturated rings. The molecule has 0 bridgehead atoms. The van der Waals surface area contributed by atoms with Crippen molar-refractivity contribution in [2.24, 2.45) is 0 Å². The third-order valence-corrected chi connectivity index (χ3v) is 2.36. The van der Waals surface area contributed by atoms with E-state index in [0.29, 0.717) is 16.8 Å². The highest BCUT2D eigenvalue weighted by atomic mass is 32.3. The van der Waals surface area contributed by atoms with E-state index in [1.807, 2.05) is 14.1 Å². The number of quaternary nitrogens is 1. The Morgan fingerprint density at radius 3 is 2.00 bits per heavy atom. The van der Waals surface area contributed by atoms with Gasteiger partial charge in [-0.25, -0.2) is 13.2 Å². The molecule has 0 saturated heterocycles. The lowest BCUT2D eigenvalue weighted by atomic mass is 10.4. The molecule has 0 saturated carbocycles. The fraction of sp³-hybridized carbons (Fsp3) is 0.700. The van der Waals surface area contributed by atoms with Gasteiger partial charge in [-0.2, -0.15) is 0 Å². The highest BCUT2D eigenvalue weighted by Crippen LogP contribution is 1.99. The lowest BCUT2D eigenvalue weighted by Crippen LogP contribution is -2.41. The van der Waals surface area contributed by atoms with Crippen molar-refractivity contribution in [1.29, 1.82) is 0 Å². The smallest absolute Gasteiger partial charge is 0.337 e. The molecule has 0 N–H and O–H groups in total. The Balaban J connectivity index is 0. The summed E-state index contributed by atoms with van der Waals surface area (Å²) in [5.41, 5.74) is 0.450. The summed E-state index contributed by atoms with van der Waals surface area (Å²) in [6.45, 7) is 8.54. The van der Waals surface area contributed by atoms with Crippen LogP contribution in [-0.4, -0.2) is 57.9 Å². The zero-order valence-corrected chi connectivity index (χ0v) is 12.2. The van der Waals surface area contributed by atoms with Crippen molar-refractivity contribution in [3.05, 3.63) is 12.2 Å². The van der Waals surface area contributed by atoms with Gasteiger partial charge in [0, 0.05) is 5.57 Å². The van der Waals surface area contributed by atoms with Gasteiger partial charge in [0.05, 0.1) is 27.7 Å². The summed E-state index contributed by atoms with van der Waals surface area (Å²) < 4.78 is 36.7. The van der Waals surface area contributed by atoms with Crippen molar-refractivity contribution in [2.45, 2.75) is 13.8 Å². The highest BCUT2D eigenvalue weighted by Gasteiger charge is 2.14. The number of hydrogen-bond acceptors (Lipinski definition) is 6. The molecule has 7 nitrogen and oxygen atoms in total. The summed E-state index contributed by atoms with van der Waals surface area (Å²) in [6, 6.07) is 0. The molecular formula is C10H21NO6S. The zero-order valence-electron chi connectivity index (χ0n) is 11.4. The standard InChI is InChI=1S/C9H18NO2.CH4O4S/c1-6-10(4,5)7-12-9(11)8(2)3;1-5-6(2,3)4/h2,6-7H2,1,3-5H3;1H3,(H,2,3,4)/q+1;/p-1. The lowest BCUT2D eigenvalue weighted by Gasteiger charge is -2.26. The molecule has 0 amide bonds. The van der Waals surface area contributed by atoms with E-state index >= 15 is 0 Å². The van der Waals surface area contributed by atoms with Crippen LogP contribution in [0, 0.1) is 0 Å². The number of carbonyl (C=O) groups is 1. The Bertz CT molecular complexity index is 374. The number of carbonyl (C=O) groups excluding carboxylic acids is 1. The van der Waals surface area contributed by atoms with Crippen molar-refractivity contribution < 1.29 is 31.2 Å². The minimum atomic E-state index is -4.41. The molecular weight excluding hydrogens is 262 g/mol. The van der Waals surface area contributed by atoms with E-state index in [9.17, 15) is 17.8 Å². The molecule has 0 heterocycles. The minimum absolute atomic E-state index is 0.311. The highest BCUT2D eigenvalue weighted by molar-refractivity contribution is 7.80. The third-order valence-electron chi connectivity index (χ3n) is 1.95. The van der Waals surface area contributed by atoms with Crippen LogP contribution in [0.15, 0.2) is 12.2 Å². The Hall–Kier alpha value is -0.960. The SMILES string of the molecule is C=C(C)C(=O)OC[N+](C)(C)CC.COS(=O)(=O)[O-]. The second kappa shape index (κ2) is 8.20. The first-order chi connectivity index (χ1) is 7.95. The van der Waals surface area contributed by atoms with Crippen LogP contribution >= 0.6 is 0 Å². The topological polar surface area (TPSA) is 92.7 Å². The van der Waals surface area contributed by atoms with Crippen molar-refractivity contribution in [1.82, 2.24) is 0 Å². The van der Waals surface area contributed by atoms with Crippen molar-refractivity contribution in [3.63, 3.8) is 0 Å². The normalized spacial score (nSPS) is 11.2. The molecule has 0 spiro atoms. The van der Waals surface area contributed by atoms with E-state index in [1.54, 1.807) is 6.92 Å². The maximum Gasteiger partial charge on any atom is 0.337 e. The van der Waals surface area contributed by atoms with Gasteiger partial charge in [-0.1, -0.05) is 6.58 Å². The van der Waals surface area contributed by atoms with Crippen LogP contribution in [0.5, 0.6) is 0 Å². The van der Waals surface area contributed by atoms with E-state index in [-0.39, 0.29) is 5.97 Å². The maximum absolute atomic E-state index is 11.0. The van der Waals surface area contributed by atoms with Crippen LogP contribution in [0.25, 0.3) is 0 Å². The van der Waals surface area contributed by atoms with Crippen molar-refractivity contribution in [2.75, 3.05) is 34.5 Å². The Labute approximate surface area is 109 Å². The Morgan fingerprint density at radius 1 is 1.39 bits per heavy atom. The minimum Gasteiger partial charge on any atom is -0.726 e. The van der Waals surface area contributed by atoms with Crippen LogP contribution in [0.1, 0.15) is 13.8 Å². The van der Waals surface area contributed by atoms with Crippen molar-refractivity contribution >= 4 is 16.4 Å². The molecule has 0 atom stereocenters.